The predicted molar refractivity (Wildman–Crippen MR) is 121 cm³/mol. The Morgan fingerprint density at radius 3 is 2.59 bits per heavy atom. The third-order valence-corrected chi connectivity index (χ3v) is 6.21. The standard InChI is InChI=1S/C21H13BrCl3FN2O/c22-10-11-2-1-3-15(19(11)25)20-27-18-8-12(23)4-6-14(18)21(29)28(20)13-5-7-16(24)17(26)9-13/h1-9,21,29H,10H2. The highest BCUT2D eigenvalue weighted by atomic mass is 79.9. The van der Waals surface area contributed by atoms with Crippen LogP contribution in [0.3, 0.4) is 0 Å². The van der Waals surface area contributed by atoms with Crippen molar-refractivity contribution >= 4 is 67.9 Å². The van der Waals surface area contributed by atoms with Crippen LogP contribution < -0.4 is 4.90 Å². The lowest BCUT2D eigenvalue weighted by atomic mass is 10.0. The molecule has 0 fully saturated rings. The van der Waals surface area contributed by atoms with Crippen molar-refractivity contribution in [1.82, 2.24) is 0 Å². The summed E-state index contributed by atoms with van der Waals surface area (Å²) in [6.07, 6.45) is -1.13. The maximum Gasteiger partial charge on any atom is 0.160 e. The van der Waals surface area contributed by atoms with E-state index in [4.69, 9.17) is 39.8 Å². The summed E-state index contributed by atoms with van der Waals surface area (Å²) < 4.78 is 14.2. The minimum absolute atomic E-state index is 0.00904. The first-order valence-electron chi connectivity index (χ1n) is 8.55. The van der Waals surface area contributed by atoms with Crippen LogP contribution in [0.5, 0.6) is 0 Å². The fraction of sp³-hybridized carbons (Fsp3) is 0.0952. The Balaban J connectivity index is 1.97. The van der Waals surface area contributed by atoms with Crippen LogP contribution in [-0.4, -0.2) is 10.9 Å². The van der Waals surface area contributed by atoms with Crippen LogP contribution in [0.15, 0.2) is 59.6 Å². The lowest BCUT2D eigenvalue weighted by Crippen LogP contribution is -2.38. The zero-order chi connectivity index (χ0) is 20.7. The second-order valence-electron chi connectivity index (χ2n) is 6.39. The number of aliphatic imine (C=N–C) groups is 1. The van der Waals surface area contributed by atoms with Gasteiger partial charge in [0.2, 0.25) is 0 Å². The van der Waals surface area contributed by atoms with Crippen LogP contribution in [0.1, 0.15) is 22.9 Å². The molecule has 0 amide bonds. The van der Waals surface area contributed by atoms with E-state index >= 15 is 0 Å². The van der Waals surface area contributed by atoms with Gasteiger partial charge in [0.1, 0.15) is 11.7 Å². The van der Waals surface area contributed by atoms with Gasteiger partial charge in [-0.15, -0.1) is 0 Å². The molecule has 148 valence electrons. The minimum Gasteiger partial charge on any atom is -0.369 e. The first-order chi connectivity index (χ1) is 13.9. The predicted octanol–water partition coefficient (Wildman–Crippen LogP) is 7.27. The number of benzene rings is 3. The molecule has 0 spiro atoms. The Morgan fingerprint density at radius 2 is 1.86 bits per heavy atom. The van der Waals surface area contributed by atoms with Crippen LogP contribution in [0.25, 0.3) is 0 Å². The lowest BCUT2D eigenvalue weighted by molar-refractivity contribution is 0.187. The van der Waals surface area contributed by atoms with Crippen LogP contribution in [0, 0.1) is 5.82 Å². The van der Waals surface area contributed by atoms with Gasteiger partial charge < -0.3 is 5.11 Å². The number of fused-ring (bicyclic) bond motifs is 1. The van der Waals surface area contributed by atoms with Crippen molar-refractivity contribution in [3.8, 4) is 0 Å². The smallest absolute Gasteiger partial charge is 0.160 e. The number of anilines is 1. The molecule has 0 saturated carbocycles. The molecule has 1 atom stereocenters. The number of hydrogen-bond donors (Lipinski definition) is 1. The molecule has 0 saturated heterocycles. The highest BCUT2D eigenvalue weighted by Gasteiger charge is 2.32. The Hall–Kier alpha value is -1.63. The average molecular weight is 515 g/mol. The van der Waals surface area contributed by atoms with Crippen molar-refractivity contribution in [2.45, 2.75) is 11.6 Å². The van der Waals surface area contributed by atoms with Gasteiger partial charge in [0.05, 0.1) is 15.7 Å². The SMILES string of the molecule is OC1c2ccc(Cl)cc2N=C(c2cccc(CBr)c2Cl)N1c1ccc(Cl)c(F)c1. The van der Waals surface area contributed by atoms with Gasteiger partial charge in [-0.25, -0.2) is 9.38 Å². The fourth-order valence-corrected chi connectivity index (χ4v) is 4.39. The van der Waals surface area contributed by atoms with Crippen molar-refractivity contribution in [3.05, 3.63) is 92.2 Å². The van der Waals surface area contributed by atoms with E-state index in [0.717, 1.165) is 5.56 Å². The first-order valence-corrected chi connectivity index (χ1v) is 10.8. The van der Waals surface area contributed by atoms with E-state index in [1.165, 1.54) is 17.0 Å². The molecule has 3 aromatic rings. The maximum atomic E-state index is 14.2. The fourth-order valence-electron chi connectivity index (χ4n) is 3.20. The van der Waals surface area contributed by atoms with Crippen LogP contribution in [0.2, 0.25) is 15.1 Å². The van der Waals surface area contributed by atoms with Gasteiger partial charge in [-0.1, -0.05) is 68.9 Å². The monoisotopic (exact) mass is 512 g/mol. The average Bonchev–Trinajstić information content (AvgIpc) is 2.70. The molecule has 3 aromatic carbocycles. The number of aliphatic hydroxyl groups excluding tert-OH is 1. The molecule has 4 rings (SSSR count). The molecule has 3 nitrogen and oxygen atoms in total. The van der Waals surface area contributed by atoms with Gasteiger partial charge >= 0.3 is 0 Å². The second-order valence-corrected chi connectivity index (χ2v) is 8.18. The van der Waals surface area contributed by atoms with E-state index in [2.05, 4.69) is 15.9 Å². The molecule has 0 radical (unpaired) electrons. The third kappa shape index (κ3) is 3.78. The van der Waals surface area contributed by atoms with E-state index in [-0.39, 0.29) is 5.02 Å². The van der Waals surface area contributed by atoms with Gasteiger partial charge in [-0.05, 0) is 42.0 Å². The summed E-state index contributed by atoms with van der Waals surface area (Å²) in [5, 5.41) is 12.7. The lowest BCUT2D eigenvalue weighted by Gasteiger charge is -2.35. The number of aliphatic hydroxyl groups is 1. The van der Waals surface area contributed by atoms with Crippen molar-refractivity contribution in [1.29, 1.82) is 0 Å². The van der Waals surface area contributed by atoms with Gasteiger partial charge in [-0.3, -0.25) is 4.90 Å². The summed E-state index contributed by atoms with van der Waals surface area (Å²) in [5.41, 5.74) is 2.91. The highest BCUT2D eigenvalue weighted by molar-refractivity contribution is 9.08. The van der Waals surface area contributed by atoms with Crippen molar-refractivity contribution in [2.75, 3.05) is 4.90 Å². The van der Waals surface area contributed by atoms with E-state index in [1.807, 2.05) is 12.1 Å². The number of amidine groups is 1. The van der Waals surface area contributed by atoms with Crippen LogP contribution in [0.4, 0.5) is 15.8 Å². The largest absolute Gasteiger partial charge is 0.369 e. The quantitative estimate of drug-likeness (QED) is 0.373. The molecule has 1 unspecified atom stereocenters. The molecule has 1 N–H and O–H groups in total. The second kappa shape index (κ2) is 8.25. The molecule has 1 aliphatic heterocycles. The molecule has 8 heteroatoms. The van der Waals surface area contributed by atoms with Crippen LogP contribution >= 0.6 is 50.7 Å². The molecule has 0 bridgehead atoms. The summed E-state index contributed by atoms with van der Waals surface area (Å²) in [4.78, 5) is 6.24. The number of hydrogen-bond acceptors (Lipinski definition) is 3. The number of rotatable bonds is 3. The van der Waals surface area contributed by atoms with Crippen molar-refractivity contribution in [3.63, 3.8) is 0 Å². The summed E-state index contributed by atoms with van der Waals surface area (Å²) in [7, 11) is 0. The minimum atomic E-state index is -1.13. The van der Waals surface area contributed by atoms with Gasteiger partial charge in [0.15, 0.2) is 6.23 Å². The zero-order valence-electron chi connectivity index (χ0n) is 14.7. The Labute approximate surface area is 190 Å². The first kappa shape index (κ1) is 20.6. The number of alkyl halides is 1. The van der Waals surface area contributed by atoms with Gasteiger partial charge in [-0.2, -0.15) is 0 Å². The molecular weight excluding hydrogens is 502 g/mol. The summed E-state index contributed by atoms with van der Waals surface area (Å²) in [6.45, 7) is 0. The van der Waals surface area contributed by atoms with Crippen molar-refractivity contribution < 1.29 is 9.50 Å². The van der Waals surface area contributed by atoms with E-state index in [9.17, 15) is 9.50 Å². The molecule has 0 aromatic heterocycles. The molecule has 1 heterocycles. The molecule has 29 heavy (non-hydrogen) atoms. The molecular formula is C21H13BrCl3FN2O. The third-order valence-electron chi connectivity index (χ3n) is 4.61. The highest BCUT2D eigenvalue weighted by Crippen LogP contribution is 2.41. The Bertz CT molecular complexity index is 1140. The zero-order valence-corrected chi connectivity index (χ0v) is 18.6. The summed E-state index contributed by atoms with van der Waals surface area (Å²) in [5.74, 6) is -0.222. The normalized spacial score (nSPS) is 15.9. The van der Waals surface area contributed by atoms with E-state index in [0.29, 0.717) is 43.7 Å². The van der Waals surface area contributed by atoms with Gasteiger partial charge in [0.25, 0.3) is 0 Å². The number of halogens is 5. The van der Waals surface area contributed by atoms with Gasteiger partial charge in [0, 0.05) is 27.2 Å². The Morgan fingerprint density at radius 1 is 1.07 bits per heavy atom. The molecule has 1 aliphatic rings. The topological polar surface area (TPSA) is 35.8 Å². The van der Waals surface area contributed by atoms with Crippen LogP contribution in [-0.2, 0) is 5.33 Å². The Kier molecular flexibility index (Phi) is 5.87. The number of nitrogens with zero attached hydrogens (tertiary/aromatic N) is 2. The summed E-state index contributed by atoms with van der Waals surface area (Å²) >= 11 is 22.0. The summed E-state index contributed by atoms with van der Waals surface area (Å²) in [6, 6.07) is 14.9. The van der Waals surface area contributed by atoms with Crippen molar-refractivity contribution in [2.24, 2.45) is 4.99 Å². The van der Waals surface area contributed by atoms with E-state index < -0.39 is 12.0 Å². The molecule has 0 aliphatic carbocycles. The van der Waals surface area contributed by atoms with E-state index in [1.54, 1.807) is 30.3 Å². The maximum absolute atomic E-state index is 14.2.